The largest absolute Gasteiger partial charge is 0.310 e. The molecule has 0 radical (unpaired) electrons. The molecule has 1 nitrogen and oxygen atoms in total. The van der Waals surface area contributed by atoms with Gasteiger partial charge in [0.25, 0.3) is 0 Å². The van der Waals surface area contributed by atoms with Gasteiger partial charge in [-0.15, -0.1) is 11.8 Å². The first kappa shape index (κ1) is 13.0. The standard InChI is InChI=1S/C15H23NS/c1-3-9-16-12(2)14-5-4-6-15(10-14)17-11-13-7-8-13/h4-6,10,12-13,16H,3,7-9,11H2,1-2H3. The van der Waals surface area contributed by atoms with Gasteiger partial charge in [-0.2, -0.15) is 0 Å². The average molecular weight is 249 g/mol. The second-order valence-corrected chi connectivity index (χ2v) is 6.10. The van der Waals surface area contributed by atoms with Crippen molar-refractivity contribution in [3.05, 3.63) is 29.8 Å². The maximum atomic E-state index is 3.54. The van der Waals surface area contributed by atoms with Gasteiger partial charge in [-0.3, -0.25) is 0 Å². The van der Waals surface area contributed by atoms with E-state index in [1.54, 1.807) is 0 Å². The fourth-order valence-corrected chi connectivity index (χ4v) is 3.01. The molecule has 1 aromatic carbocycles. The van der Waals surface area contributed by atoms with Gasteiger partial charge in [0.05, 0.1) is 0 Å². The van der Waals surface area contributed by atoms with Crippen molar-refractivity contribution in [2.45, 2.75) is 44.0 Å². The highest BCUT2D eigenvalue weighted by Gasteiger charge is 2.21. The molecule has 1 fully saturated rings. The highest BCUT2D eigenvalue weighted by Crippen LogP contribution is 2.35. The van der Waals surface area contributed by atoms with Crippen LogP contribution in [-0.4, -0.2) is 12.3 Å². The number of rotatable bonds is 7. The van der Waals surface area contributed by atoms with E-state index in [0.717, 1.165) is 12.5 Å². The molecule has 94 valence electrons. The summed E-state index contributed by atoms with van der Waals surface area (Å²) in [4.78, 5) is 1.43. The fourth-order valence-electron chi connectivity index (χ4n) is 1.85. The molecule has 0 aromatic heterocycles. The summed E-state index contributed by atoms with van der Waals surface area (Å²) in [5.74, 6) is 2.31. The van der Waals surface area contributed by atoms with Crippen LogP contribution in [0.1, 0.15) is 44.7 Å². The zero-order valence-electron chi connectivity index (χ0n) is 10.9. The lowest BCUT2D eigenvalue weighted by Crippen LogP contribution is -2.19. The van der Waals surface area contributed by atoms with Crippen molar-refractivity contribution in [1.82, 2.24) is 5.32 Å². The van der Waals surface area contributed by atoms with Crippen molar-refractivity contribution < 1.29 is 0 Å². The van der Waals surface area contributed by atoms with Gasteiger partial charge >= 0.3 is 0 Å². The first-order chi connectivity index (χ1) is 8.29. The van der Waals surface area contributed by atoms with Gasteiger partial charge in [-0.05, 0) is 56.3 Å². The fraction of sp³-hybridized carbons (Fsp3) is 0.600. The Morgan fingerprint density at radius 3 is 2.94 bits per heavy atom. The maximum absolute atomic E-state index is 3.54. The Balaban J connectivity index is 1.89. The Hall–Kier alpha value is -0.470. The summed E-state index contributed by atoms with van der Waals surface area (Å²) in [6.45, 7) is 5.56. The summed E-state index contributed by atoms with van der Waals surface area (Å²) in [6, 6.07) is 9.48. The Morgan fingerprint density at radius 1 is 1.41 bits per heavy atom. The van der Waals surface area contributed by atoms with Crippen LogP contribution in [0.15, 0.2) is 29.2 Å². The summed E-state index contributed by atoms with van der Waals surface area (Å²) in [7, 11) is 0. The zero-order valence-corrected chi connectivity index (χ0v) is 11.7. The molecule has 1 aliphatic carbocycles. The second-order valence-electron chi connectivity index (χ2n) is 5.00. The summed E-state index contributed by atoms with van der Waals surface area (Å²) in [5, 5.41) is 3.54. The third-order valence-corrected chi connectivity index (χ3v) is 4.47. The van der Waals surface area contributed by atoms with E-state index in [1.807, 2.05) is 11.8 Å². The summed E-state index contributed by atoms with van der Waals surface area (Å²) in [6.07, 6.45) is 4.09. The van der Waals surface area contributed by atoms with Crippen LogP contribution in [0.3, 0.4) is 0 Å². The minimum absolute atomic E-state index is 0.469. The first-order valence-electron chi connectivity index (χ1n) is 6.75. The molecule has 0 heterocycles. The summed E-state index contributed by atoms with van der Waals surface area (Å²) < 4.78 is 0. The van der Waals surface area contributed by atoms with Crippen LogP contribution in [0.25, 0.3) is 0 Å². The van der Waals surface area contributed by atoms with E-state index < -0.39 is 0 Å². The van der Waals surface area contributed by atoms with E-state index in [4.69, 9.17) is 0 Å². The van der Waals surface area contributed by atoms with Gasteiger partial charge in [0.2, 0.25) is 0 Å². The smallest absolute Gasteiger partial charge is 0.0292 e. The van der Waals surface area contributed by atoms with Crippen molar-refractivity contribution in [2.24, 2.45) is 5.92 Å². The SMILES string of the molecule is CCCNC(C)c1cccc(SCC2CC2)c1. The molecule has 2 heteroatoms. The molecular weight excluding hydrogens is 226 g/mol. The van der Waals surface area contributed by atoms with Gasteiger partial charge in [-0.25, -0.2) is 0 Å². The predicted molar refractivity (Wildman–Crippen MR) is 76.6 cm³/mol. The van der Waals surface area contributed by atoms with E-state index in [-0.39, 0.29) is 0 Å². The minimum atomic E-state index is 0.469. The maximum Gasteiger partial charge on any atom is 0.0292 e. The van der Waals surface area contributed by atoms with E-state index in [9.17, 15) is 0 Å². The van der Waals surface area contributed by atoms with E-state index in [0.29, 0.717) is 6.04 Å². The highest BCUT2D eigenvalue weighted by molar-refractivity contribution is 7.99. The molecule has 0 amide bonds. The van der Waals surface area contributed by atoms with Crippen LogP contribution in [0.4, 0.5) is 0 Å². The lowest BCUT2D eigenvalue weighted by atomic mass is 10.1. The highest BCUT2D eigenvalue weighted by atomic mass is 32.2. The van der Waals surface area contributed by atoms with E-state index in [2.05, 4.69) is 43.4 Å². The Kier molecular flexibility index (Phi) is 4.93. The monoisotopic (exact) mass is 249 g/mol. The summed E-state index contributed by atoms with van der Waals surface area (Å²) >= 11 is 2.02. The molecule has 1 saturated carbocycles. The van der Waals surface area contributed by atoms with Crippen molar-refractivity contribution in [1.29, 1.82) is 0 Å². The topological polar surface area (TPSA) is 12.0 Å². The van der Waals surface area contributed by atoms with Crippen molar-refractivity contribution in [3.63, 3.8) is 0 Å². The van der Waals surface area contributed by atoms with Crippen LogP contribution in [0.5, 0.6) is 0 Å². The molecule has 1 aliphatic rings. The number of nitrogens with one attached hydrogen (secondary N) is 1. The number of hydrogen-bond donors (Lipinski definition) is 1. The molecule has 1 atom stereocenters. The van der Waals surface area contributed by atoms with Gasteiger partial charge in [0.15, 0.2) is 0 Å². The lowest BCUT2D eigenvalue weighted by molar-refractivity contribution is 0.570. The number of hydrogen-bond acceptors (Lipinski definition) is 2. The van der Waals surface area contributed by atoms with Gasteiger partial charge < -0.3 is 5.32 Å². The zero-order chi connectivity index (χ0) is 12.1. The van der Waals surface area contributed by atoms with Crippen molar-refractivity contribution in [3.8, 4) is 0 Å². The van der Waals surface area contributed by atoms with Gasteiger partial charge in [0.1, 0.15) is 0 Å². The number of benzene rings is 1. The quantitative estimate of drug-likeness (QED) is 0.725. The van der Waals surface area contributed by atoms with Crippen LogP contribution in [0, 0.1) is 5.92 Å². The molecule has 17 heavy (non-hydrogen) atoms. The minimum Gasteiger partial charge on any atom is -0.310 e. The molecule has 1 aromatic rings. The molecule has 0 aliphatic heterocycles. The molecule has 0 saturated heterocycles. The lowest BCUT2D eigenvalue weighted by Gasteiger charge is -2.14. The van der Waals surface area contributed by atoms with Crippen LogP contribution >= 0.6 is 11.8 Å². The van der Waals surface area contributed by atoms with Crippen molar-refractivity contribution in [2.75, 3.05) is 12.3 Å². The first-order valence-corrected chi connectivity index (χ1v) is 7.74. The van der Waals surface area contributed by atoms with E-state index in [1.165, 1.54) is 35.5 Å². The molecule has 0 spiro atoms. The van der Waals surface area contributed by atoms with Gasteiger partial charge in [-0.1, -0.05) is 19.1 Å². The molecule has 0 bridgehead atoms. The average Bonchev–Trinajstić information content (AvgIpc) is 3.18. The number of thioether (sulfide) groups is 1. The molecule has 1 unspecified atom stereocenters. The normalized spacial score (nSPS) is 17.1. The van der Waals surface area contributed by atoms with Crippen LogP contribution in [0.2, 0.25) is 0 Å². The van der Waals surface area contributed by atoms with Crippen LogP contribution < -0.4 is 5.32 Å². The molecule has 2 rings (SSSR count). The Morgan fingerprint density at radius 2 is 2.24 bits per heavy atom. The van der Waals surface area contributed by atoms with Crippen molar-refractivity contribution >= 4 is 11.8 Å². The molecule has 1 N–H and O–H groups in total. The van der Waals surface area contributed by atoms with E-state index >= 15 is 0 Å². The summed E-state index contributed by atoms with van der Waals surface area (Å²) in [5.41, 5.74) is 1.42. The van der Waals surface area contributed by atoms with Crippen LogP contribution in [-0.2, 0) is 0 Å². The van der Waals surface area contributed by atoms with Gasteiger partial charge in [0, 0.05) is 16.7 Å². The second kappa shape index (κ2) is 6.46. The third kappa shape index (κ3) is 4.36. The third-order valence-electron chi connectivity index (χ3n) is 3.24. The Bertz CT molecular complexity index is 347. The predicted octanol–water partition coefficient (Wildman–Crippen LogP) is 4.25. The Labute approximate surface area is 109 Å². The molecular formula is C15H23NS.